The topological polar surface area (TPSA) is 26.3 Å². The molecule has 0 aliphatic carbocycles. The van der Waals surface area contributed by atoms with Crippen molar-refractivity contribution in [1.82, 2.24) is 0 Å². The normalized spacial score (nSPS) is 11.2. The molecule has 0 radical (unpaired) electrons. The number of rotatable bonds is 2. The van der Waals surface area contributed by atoms with Crippen molar-refractivity contribution in [3.63, 3.8) is 0 Å². The summed E-state index contributed by atoms with van der Waals surface area (Å²) in [6.07, 6.45) is 1.47. The Hall–Kier alpha value is -1.09. The first kappa shape index (κ1) is 11.0. The second-order valence-electron chi connectivity index (χ2n) is 2.83. The SMILES string of the molecule is COC(=O)/C=C(\C)c1ccccc1Br. The lowest BCUT2D eigenvalue weighted by Crippen LogP contribution is -1.95. The van der Waals surface area contributed by atoms with Crippen LogP contribution >= 0.6 is 15.9 Å². The van der Waals surface area contributed by atoms with E-state index in [0.29, 0.717) is 0 Å². The van der Waals surface area contributed by atoms with Crippen LogP contribution in [0.4, 0.5) is 0 Å². The van der Waals surface area contributed by atoms with Gasteiger partial charge in [0, 0.05) is 10.5 Å². The zero-order valence-corrected chi connectivity index (χ0v) is 9.67. The van der Waals surface area contributed by atoms with Gasteiger partial charge in [0.05, 0.1) is 7.11 Å². The maximum Gasteiger partial charge on any atom is 0.330 e. The Balaban J connectivity index is 3.00. The van der Waals surface area contributed by atoms with E-state index in [1.807, 2.05) is 31.2 Å². The average molecular weight is 255 g/mol. The molecule has 0 saturated heterocycles. The molecule has 0 atom stereocenters. The molecule has 0 saturated carbocycles. The lowest BCUT2D eigenvalue weighted by molar-refractivity contribution is -0.134. The number of allylic oxidation sites excluding steroid dienone is 1. The molecule has 0 bridgehead atoms. The molecule has 0 unspecified atom stereocenters. The van der Waals surface area contributed by atoms with Crippen LogP contribution in [0, 0.1) is 0 Å². The molecule has 0 aliphatic heterocycles. The van der Waals surface area contributed by atoms with Crippen LogP contribution in [-0.4, -0.2) is 13.1 Å². The maximum atomic E-state index is 11.0. The summed E-state index contributed by atoms with van der Waals surface area (Å²) in [6, 6.07) is 7.73. The first-order valence-electron chi connectivity index (χ1n) is 4.16. The van der Waals surface area contributed by atoms with E-state index in [1.165, 1.54) is 13.2 Å². The Bertz CT molecular complexity index is 369. The molecule has 1 aromatic carbocycles. The van der Waals surface area contributed by atoms with Crippen LogP contribution in [0.15, 0.2) is 34.8 Å². The van der Waals surface area contributed by atoms with Gasteiger partial charge < -0.3 is 4.74 Å². The van der Waals surface area contributed by atoms with Crippen molar-refractivity contribution in [2.75, 3.05) is 7.11 Å². The summed E-state index contributed by atoms with van der Waals surface area (Å²) in [6.45, 7) is 1.87. The van der Waals surface area contributed by atoms with E-state index in [1.54, 1.807) is 0 Å². The minimum atomic E-state index is -0.335. The third kappa shape index (κ3) is 2.70. The highest BCUT2D eigenvalue weighted by Gasteiger charge is 2.02. The van der Waals surface area contributed by atoms with E-state index in [9.17, 15) is 4.79 Å². The van der Waals surface area contributed by atoms with Crippen molar-refractivity contribution in [1.29, 1.82) is 0 Å². The van der Waals surface area contributed by atoms with E-state index < -0.39 is 0 Å². The largest absolute Gasteiger partial charge is 0.466 e. The fraction of sp³-hybridized carbons (Fsp3) is 0.182. The van der Waals surface area contributed by atoms with Crippen LogP contribution in [-0.2, 0) is 9.53 Å². The summed E-state index contributed by atoms with van der Waals surface area (Å²) in [5.74, 6) is -0.335. The molecular weight excluding hydrogens is 244 g/mol. The third-order valence-electron chi connectivity index (χ3n) is 1.83. The second kappa shape index (κ2) is 4.96. The Kier molecular flexibility index (Phi) is 3.89. The van der Waals surface area contributed by atoms with Gasteiger partial charge in [-0.15, -0.1) is 0 Å². The summed E-state index contributed by atoms with van der Waals surface area (Å²) in [4.78, 5) is 11.0. The number of hydrogen-bond donors (Lipinski definition) is 0. The second-order valence-corrected chi connectivity index (χ2v) is 3.68. The van der Waals surface area contributed by atoms with Crippen molar-refractivity contribution in [2.45, 2.75) is 6.92 Å². The standard InChI is InChI=1S/C11H11BrO2/c1-8(7-11(13)14-2)9-5-3-4-6-10(9)12/h3-7H,1-2H3/b8-7+. The molecule has 0 spiro atoms. The third-order valence-corrected chi connectivity index (χ3v) is 2.53. The van der Waals surface area contributed by atoms with Gasteiger partial charge in [0.2, 0.25) is 0 Å². The minimum absolute atomic E-state index is 0.335. The van der Waals surface area contributed by atoms with Gasteiger partial charge in [0.25, 0.3) is 0 Å². The molecule has 1 aromatic rings. The smallest absolute Gasteiger partial charge is 0.330 e. The van der Waals surface area contributed by atoms with Crippen LogP contribution in [0.5, 0.6) is 0 Å². The number of esters is 1. The first-order chi connectivity index (χ1) is 6.65. The Morgan fingerprint density at radius 3 is 2.64 bits per heavy atom. The maximum absolute atomic E-state index is 11.0. The summed E-state index contributed by atoms with van der Waals surface area (Å²) in [7, 11) is 1.37. The molecule has 0 aliphatic rings. The van der Waals surface area contributed by atoms with Crippen molar-refractivity contribution in [3.05, 3.63) is 40.4 Å². The highest BCUT2D eigenvalue weighted by atomic mass is 79.9. The molecule has 2 nitrogen and oxygen atoms in total. The van der Waals surface area contributed by atoms with E-state index in [4.69, 9.17) is 0 Å². The number of hydrogen-bond acceptors (Lipinski definition) is 2. The van der Waals surface area contributed by atoms with Gasteiger partial charge in [-0.25, -0.2) is 4.79 Å². The molecule has 74 valence electrons. The van der Waals surface area contributed by atoms with E-state index in [-0.39, 0.29) is 5.97 Å². The van der Waals surface area contributed by atoms with Gasteiger partial charge in [-0.05, 0) is 24.1 Å². The molecule has 0 heterocycles. The van der Waals surface area contributed by atoms with E-state index in [2.05, 4.69) is 20.7 Å². The van der Waals surface area contributed by atoms with Crippen LogP contribution in [0.2, 0.25) is 0 Å². The summed E-state index contributed by atoms with van der Waals surface area (Å²) >= 11 is 3.42. The van der Waals surface area contributed by atoms with E-state index >= 15 is 0 Å². The highest BCUT2D eigenvalue weighted by Crippen LogP contribution is 2.23. The van der Waals surface area contributed by atoms with E-state index in [0.717, 1.165) is 15.6 Å². The molecule has 0 N–H and O–H groups in total. The molecule has 1 rings (SSSR count). The molecule has 0 aromatic heterocycles. The molecular formula is C11H11BrO2. The zero-order chi connectivity index (χ0) is 10.6. The van der Waals surface area contributed by atoms with Gasteiger partial charge in [0.15, 0.2) is 0 Å². The summed E-state index contributed by atoms with van der Waals surface area (Å²) in [5.41, 5.74) is 1.88. The number of carbonyl (C=O) groups is 1. The fourth-order valence-corrected chi connectivity index (χ4v) is 1.69. The number of ether oxygens (including phenoxy) is 1. The quantitative estimate of drug-likeness (QED) is 0.599. The van der Waals surface area contributed by atoms with Crippen LogP contribution in [0.25, 0.3) is 5.57 Å². The fourth-order valence-electron chi connectivity index (χ4n) is 1.09. The summed E-state index contributed by atoms with van der Waals surface area (Å²) in [5, 5.41) is 0. The molecule has 0 fully saturated rings. The highest BCUT2D eigenvalue weighted by molar-refractivity contribution is 9.10. The average Bonchev–Trinajstić information content (AvgIpc) is 2.18. The van der Waals surface area contributed by atoms with Crippen molar-refractivity contribution >= 4 is 27.5 Å². The minimum Gasteiger partial charge on any atom is -0.466 e. The Labute approximate surface area is 91.7 Å². The molecule has 0 amide bonds. The predicted octanol–water partition coefficient (Wildman–Crippen LogP) is 3.03. The Morgan fingerprint density at radius 2 is 2.07 bits per heavy atom. The lowest BCUT2D eigenvalue weighted by atomic mass is 10.1. The monoisotopic (exact) mass is 254 g/mol. The Morgan fingerprint density at radius 1 is 1.43 bits per heavy atom. The summed E-state index contributed by atoms with van der Waals surface area (Å²) < 4.78 is 5.52. The number of benzene rings is 1. The van der Waals surface area contributed by atoms with Gasteiger partial charge in [-0.3, -0.25) is 0 Å². The number of halogens is 1. The zero-order valence-electron chi connectivity index (χ0n) is 8.08. The van der Waals surface area contributed by atoms with Gasteiger partial charge in [-0.1, -0.05) is 34.1 Å². The van der Waals surface area contributed by atoms with Crippen molar-refractivity contribution < 1.29 is 9.53 Å². The van der Waals surface area contributed by atoms with Gasteiger partial charge in [0.1, 0.15) is 0 Å². The first-order valence-corrected chi connectivity index (χ1v) is 4.95. The van der Waals surface area contributed by atoms with Crippen LogP contribution in [0.3, 0.4) is 0 Å². The number of methoxy groups -OCH3 is 1. The van der Waals surface area contributed by atoms with Crippen molar-refractivity contribution in [3.8, 4) is 0 Å². The predicted molar refractivity (Wildman–Crippen MR) is 59.8 cm³/mol. The van der Waals surface area contributed by atoms with Gasteiger partial charge >= 0.3 is 5.97 Å². The lowest BCUT2D eigenvalue weighted by Gasteiger charge is -2.03. The van der Waals surface area contributed by atoms with Gasteiger partial charge in [-0.2, -0.15) is 0 Å². The van der Waals surface area contributed by atoms with Crippen molar-refractivity contribution in [2.24, 2.45) is 0 Å². The van der Waals surface area contributed by atoms with Crippen LogP contribution < -0.4 is 0 Å². The molecule has 3 heteroatoms. The molecule has 14 heavy (non-hydrogen) atoms. The number of carbonyl (C=O) groups excluding carboxylic acids is 1. The van der Waals surface area contributed by atoms with Crippen LogP contribution in [0.1, 0.15) is 12.5 Å².